The van der Waals surface area contributed by atoms with E-state index in [9.17, 15) is 14.4 Å². The van der Waals surface area contributed by atoms with E-state index in [1.54, 1.807) is 24.3 Å². The summed E-state index contributed by atoms with van der Waals surface area (Å²) in [7, 11) is 1.49. The predicted octanol–water partition coefficient (Wildman–Crippen LogP) is 1.53. The summed E-state index contributed by atoms with van der Waals surface area (Å²) in [6.45, 7) is 4.17. The highest BCUT2D eigenvalue weighted by Crippen LogP contribution is 2.18. The minimum atomic E-state index is -0.904. The van der Waals surface area contributed by atoms with Crippen molar-refractivity contribution in [3.63, 3.8) is 0 Å². The summed E-state index contributed by atoms with van der Waals surface area (Å²) in [6.07, 6.45) is 1.33. The van der Waals surface area contributed by atoms with E-state index in [0.717, 1.165) is 16.8 Å². The van der Waals surface area contributed by atoms with Gasteiger partial charge in [-0.1, -0.05) is 24.3 Å². The smallest absolute Gasteiger partial charge is 0.329 e. The molecule has 31 heavy (non-hydrogen) atoms. The molecule has 3 amide bonds. The quantitative estimate of drug-likeness (QED) is 0.243. The Labute approximate surface area is 180 Å². The van der Waals surface area contributed by atoms with Crippen molar-refractivity contribution in [1.82, 2.24) is 10.7 Å². The molecule has 0 fully saturated rings. The highest BCUT2D eigenvalue weighted by atomic mass is 16.5. The first-order valence-electron chi connectivity index (χ1n) is 9.60. The molecule has 0 saturated heterocycles. The van der Waals surface area contributed by atoms with Crippen LogP contribution in [0.1, 0.15) is 16.7 Å². The number of methoxy groups -OCH3 is 1. The molecular formula is C22H26N4O5. The first kappa shape index (κ1) is 23.6. The molecule has 0 radical (unpaired) electrons. The fraction of sp³-hybridized carbons (Fsp3) is 0.273. The Morgan fingerprint density at radius 1 is 1.06 bits per heavy atom. The molecule has 9 heteroatoms. The highest BCUT2D eigenvalue weighted by molar-refractivity contribution is 6.35. The zero-order valence-electron chi connectivity index (χ0n) is 17.7. The normalized spacial score (nSPS) is 10.5. The van der Waals surface area contributed by atoms with E-state index in [-0.39, 0.29) is 19.1 Å². The summed E-state index contributed by atoms with van der Waals surface area (Å²) >= 11 is 0. The first-order valence-corrected chi connectivity index (χ1v) is 9.60. The zero-order valence-corrected chi connectivity index (χ0v) is 17.7. The Morgan fingerprint density at radius 2 is 1.84 bits per heavy atom. The number of carbonyl (C=O) groups excluding carboxylic acids is 3. The van der Waals surface area contributed by atoms with E-state index in [1.807, 2.05) is 32.0 Å². The molecule has 164 valence electrons. The van der Waals surface area contributed by atoms with Crippen LogP contribution >= 0.6 is 0 Å². The lowest BCUT2D eigenvalue weighted by atomic mass is 10.1. The van der Waals surface area contributed by atoms with E-state index in [1.165, 1.54) is 13.3 Å². The van der Waals surface area contributed by atoms with E-state index in [4.69, 9.17) is 9.47 Å². The Bertz CT molecular complexity index is 959. The number of carbonyl (C=O) groups is 3. The zero-order chi connectivity index (χ0) is 22.6. The van der Waals surface area contributed by atoms with Crippen molar-refractivity contribution in [1.29, 1.82) is 0 Å². The van der Waals surface area contributed by atoms with Crippen LogP contribution in [-0.4, -0.2) is 50.8 Å². The van der Waals surface area contributed by atoms with Gasteiger partial charge in [-0.25, -0.2) is 5.43 Å². The lowest BCUT2D eigenvalue weighted by molar-refractivity contribution is -0.139. The molecule has 3 N–H and O–H groups in total. The fourth-order valence-corrected chi connectivity index (χ4v) is 2.48. The van der Waals surface area contributed by atoms with Crippen LogP contribution in [0.15, 0.2) is 47.6 Å². The molecule has 0 heterocycles. The molecule has 0 aliphatic rings. The van der Waals surface area contributed by atoms with Crippen molar-refractivity contribution in [2.75, 3.05) is 32.2 Å². The van der Waals surface area contributed by atoms with Gasteiger partial charge in [0.2, 0.25) is 0 Å². The number of amides is 3. The van der Waals surface area contributed by atoms with Crippen molar-refractivity contribution in [2.45, 2.75) is 13.8 Å². The summed E-state index contributed by atoms with van der Waals surface area (Å²) in [5.41, 5.74) is 5.39. The number of benzene rings is 2. The molecule has 0 aliphatic heterocycles. The minimum Gasteiger partial charge on any atom is -0.483 e. The third-order valence-corrected chi connectivity index (χ3v) is 4.11. The number of ether oxygens (including phenoxy) is 2. The van der Waals surface area contributed by atoms with Gasteiger partial charge in [-0.2, -0.15) is 5.10 Å². The predicted molar refractivity (Wildman–Crippen MR) is 117 cm³/mol. The van der Waals surface area contributed by atoms with Gasteiger partial charge < -0.3 is 20.1 Å². The third-order valence-electron chi connectivity index (χ3n) is 4.11. The molecule has 2 aromatic carbocycles. The number of anilines is 1. The first-order chi connectivity index (χ1) is 14.9. The number of rotatable bonds is 9. The second-order valence-corrected chi connectivity index (χ2v) is 6.64. The van der Waals surface area contributed by atoms with Crippen molar-refractivity contribution in [2.24, 2.45) is 5.10 Å². The highest BCUT2D eigenvalue weighted by Gasteiger charge is 2.12. The van der Waals surface area contributed by atoms with Gasteiger partial charge in [-0.15, -0.1) is 0 Å². The number of nitrogens with one attached hydrogen (secondary N) is 3. The average Bonchev–Trinajstić information content (AvgIpc) is 2.75. The van der Waals surface area contributed by atoms with Crippen molar-refractivity contribution in [3.8, 4) is 5.75 Å². The topological polar surface area (TPSA) is 118 Å². The SMILES string of the molecule is COCCNC(=O)C(=O)N/N=C\c1ccccc1OCC(=O)Nc1cc(C)ccc1C. The van der Waals surface area contributed by atoms with Crippen LogP contribution < -0.4 is 20.8 Å². The lowest BCUT2D eigenvalue weighted by Gasteiger charge is -2.11. The largest absolute Gasteiger partial charge is 0.483 e. The molecule has 0 saturated carbocycles. The van der Waals surface area contributed by atoms with Crippen LogP contribution in [0, 0.1) is 13.8 Å². The molecule has 2 rings (SSSR count). The molecule has 9 nitrogen and oxygen atoms in total. The number of aryl methyl sites for hydroxylation is 2. The molecule has 0 atom stereocenters. The number of hydrazone groups is 1. The average molecular weight is 426 g/mol. The summed E-state index contributed by atoms with van der Waals surface area (Å²) in [6, 6.07) is 12.7. The number of hydrogen-bond acceptors (Lipinski definition) is 6. The Kier molecular flexibility index (Phi) is 9.18. The monoisotopic (exact) mass is 426 g/mol. The van der Waals surface area contributed by atoms with Gasteiger partial charge in [0.1, 0.15) is 5.75 Å². The van der Waals surface area contributed by atoms with Crippen molar-refractivity contribution >= 4 is 29.6 Å². The van der Waals surface area contributed by atoms with E-state index in [0.29, 0.717) is 17.9 Å². The summed E-state index contributed by atoms with van der Waals surface area (Å²) < 4.78 is 10.4. The second kappa shape index (κ2) is 12.1. The van der Waals surface area contributed by atoms with Crippen molar-refractivity contribution in [3.05, 3.63) is 59.2 Å². The Hall–Kier alpha value is -3.72. The molecule has 0 aromatic heterocycles. The molecule has 0 bridgehead atoms. The maximum absolute atomic E-state index is 12.3. The van der Waals surface area contributed by atoms with Gasteiger partial charge in [-0.3, -0.25) is 14.4 Å². The molecular weight excluding hydrogens is 400 g/mol. The molecule has 0 unspecified atom stereocenters. The van der Waals surface area contributed by atoms with E-state index >= 15 is 0 Å². The maximum Gasteiger partial charge on any atom is 0.329 e. The van der Waals surface area contributed by atoms with Gasteiger partial charge in [0.15, 0.2) is 6.61 Å². The Morgan fingerprint density at radius 3 is 2.61 bits per heavy atom. The van der Waals surface area contributed by atoms with Crippen LogP contribution in [0.4, 0.5) is 5.69 Å². The van der Waals surface area contributed by atoms with Gasteiger partial charge in [0.25, 0.3) is 5.91 Å². The fourth-order valence-electron chi connectivity index (χ4n) is 2.48. The van der Waals surface area contributed by atoms with Crippen LogP contribution in [0.2, 0.25) is 0 Å². The van der Waals surface area contributed by atoms with E-state index in [2.05, 4.69) is 21.2 Å². The van der Waals surface area contributed by atoms with Gasteiger partial charge in [-0.05, 0) is 43.2 Å². The van der Waals surface area contributed by atoms with Gasteiger partial charge in [0.05, 0.1) is 12.8 Å². The number of hydrogen-bond donors (Lipinski definition) is 3. The minimum absolute atomic E-state index is 0.202. The van der Waals surface area contributed by atoms with E-state index < -0.39 is 11.8 Å². The van der Waals surface area contributed by atoms with Crippen LogP contribution in [-0.2, 0) is 19.1 Å². The van der Waals surface area contributed by atoms with Crippen molar-refractivity contribution < 1.29 is 23.9 Å². The van der Waals surface area contributed by atoms with Gasteiger partial charge >= 0.3 is 11.8 Å². The van der Waals surface area contributed by atoms with Gasteiger partial charge in [0, 0.05) is 24.9 Å². The molecule has 0 spiro atoms. The number of nitrogens with zero attached hydrogens (tertiary/aromatic N) is 1. The summed E-state index contributed by atoms with van der Waals surface area (Å²) in [5, 5.41) is 8.98. The van der Waals surface area contributed by atoms with Crippen LogP contribution in [0.5, 0.6) is 5.75 Å². The van der Waals surface area contributed by atoms with Crippen LogP contribution in [0.3, 0.4) is 0 Å². The maximum atomic E-state index is 12.3. The number of para-hydroxylation sites is 1. The van der Waals surface area contributed by atoms with Crippen LogP contribution in [0.25, 0.3) is 0 Å². The molecule has 0 aliphatic carbocycles. The summed E-state index contributed by atoms with van der Waals surface area (Å²) in [5.74, 6) is -1.62. The Balaban J connectivity index is 1.90. The second-order valence-electron chi connectivity index (χ2n) is 6.64. The third kappa shape index (κ3) is 7.90. The molecule has 2 aromatic rings. The standard InChI is InChI=1S/C22H26N4O5/c1-15-8-9-16(2)18(12-15)25-20(27)14-31-19-7-5-4-6-17(19)13-24-26-22(29)21(28)23-10-11-30-3/h4-9,12-13H,10-11,14H2,1-3H3,(H,23,28)(H,25,27)(H,26,29)/b24-13-. The summed E-state index contributed by atoms with van der Waals surface area (Å²) in [4.78, 5) is 35.5. The lowest BCUT2D eigenvalue weighted by Crippen LogP contribution is -2.39.